The number of amides is 1. The van der Waals surface area contributed by atoms with Crippen LogP contribution in [0.25, 0.3) is 6.08 Å². The third-order valence-corrected chi connectivity index (χ3v) is 4.24. The topological polar surface area (TPSA) is 41.6 Å². The molecular formula is C19H28N2O2. The number of benzene rings is 1. The van der Waals surface area contributed by atoms with Crippen LogP contribution in [0.2, 0.25) is 0 Å². The average molecular weight is 316 g/mol. The van der Waals surface area contributed by atoms with Gasteiger partial charge < -0.3 is 15.0 Å². The molecule has 4 heteroatoms. The number of para-hydroxylation sites is 1. The van der Waals surface area contributed by atoms with E-state index < -0.39 is 0 Å². The molecule has 2 rings (SSSR count). The minimum atomic E-state index is 0.214. The zero-order valence-electron chi connectivity index (χ0n) is 14.4. The molecule has 0 bridgehead atoms. The van der Waals surface area contributed by atoms with E-state index in [4.69, 9.17) is 4.74 Å². The summed E-state index contributed by atoms with van der Waals surface area (Å²) >= 11 is 0. The second-order valence-corrected chi connectivity index (χ2v) is 6.35. The molecule has 1 saturated heterocycles. The number of nitrogens with one attached hydrogen (secondary N) is 1. The second-order valence-electron chi connectivity index (χ2n) is 6.35. The molecule has 0 atom stereocenters. The molecule has 0 aromatic heterocycles. The maximum atomic E-state index is 12.1. The fraction of sp³-hybridized carbons (Fsp3) is 0.526. The molecule has 23 heavy (non-hydrogen) atoms. The summed E-state index contributed by atoms with van der Waals surface area (Å²) in [6.07, 6.45) is 6.45. The van der Waals surface area contributed by atoms with Crippen molar-refractivity contribution in [3.05, 3.63) is 35.9 Å². The van der Waals surface area contributed by atoms with Crippen LogP contribution in [0.1, 0.15) is 32.3 Å². The van der Waals surface area contributed by atoms with E-state index in [-0.39, 0.29) is 5.91 Å². The second kappa shape index (κ2) is 8.73. The van der Waals surface area contributed by atoms with Crippen LogP contribution in [0.3, 0.4) is 0 Å². The first-order valence-corrected chi connectivity index (χ1v) is 8.42. The van der Waals surface area contributed by atoms with Gasteiger partial charge in [-0.1, -0.05) is 44.2 Å². The summed E-state index contributed by atoms with van der Waals surface area (Å²) in [7, 11) is 1.70. The van der Waals surface area contributed by atoms with E-state index >= 15 is 0 Å². The number of carbonyl (C=O) groups is 1. The first-order valence-electron chi connectivity index (χ1n) is 8.42. The molecule has 1 aliphatic heterocycles. The molecule has 4 nitrogen and oxygen atoms in total. The standard InChI is InChI=1S/C19H28N2O2/c1-15(2)20-14-19(22)21-12-10-16(11-13-21)8-9-17-6-4-5-7-18(17)23-3/h4-9,15-16,20H,10-14H2,1-3H3/b9-8+. The van der Waals surface area contributed by atoms with Crippen LogP contribution in [0.5, 0.6) is 5.75 Å². The Balaban J connectivity index is 1.82. The van der Waals surface area contributed by atoms with Gasteiger partial charge in [0.15, 0.2) is 0 Å². The van der Waals surface area contributed by atoms with Gasteiger partial charge in [0.2, 0.25) is 5.91 Å². The van der Waals surface area contributed by atoms with Gasteiger partial charge in [0.25, 0.3) is 0 Å². The van der Waals surface area contributed by atoms with Gasteiger partial charge in [-0.3, -0.25) is 4.79 Å². The quantitative estimate of drug-likeness (QED) is 0.877. The van der Waals surface area contributed by atoms with Crippen molar-refractivity contribution in [2.75, 3.05) is 26.7 Å². The molecule has 126 valence electrons. The lowest BCUT2D eigenvalue weighted by Gasteiger charge is -2.31. The summed E-state index contributed by atoms with van der Waals surface area (Å²) in [5, 5.41) is 3.19. The minimum Gasteiger partial charge on any atom is -0.496 e. The predicted molar refractivity (Wildman–Crippen MR) is 94.5 cm³/mol. The number of ether oxygens (including phenoxy) is 1. The summed E-state index contributed by atoms with van der Waals surface area (Å²) in [6.45, 7) is 6.25. The molecule has 1 heterocycles. The number of likely N-dealkylation sites (tertiary alicyclic amines) is 1. The molecule has 1 N–H and O–H groups in total. The van der Waals surface area contributed by atoms with Crippen LogP contribution < -0.4 is 10.1 Å². The normalized spacial score (nSPS) is 16.3. The number of nitrogens with zero attached hydrogens (tertiary/aromatic N) is 1. The summed E-state index contributed by atoms with van der Waals surface area (Å²) in [6, 6.07) is 8.38. The van der Waals surface area contributed by atoms with Crippen molar-refractivity contribution in [2.45, 2.75) is 32.7 Å². The lowest BCUT2D eigenvalue weighted by molar-refractivity contribution is -0.131. The van der Waals surface area contributed by atoms with Gasteiger partial charge in [-0.25, -0.2) is 0 Å². The van der Waals surface area contributed by atoms with Crippen molar-refractivity contribution in [3.63, 3.8) is 0 Å². The van der Waals surface area contributed by atoms with E-state index in [1.165, 1.54) is 0 Å². The molecule has 1 aromatic carbocycles. The van der Waals surface area contributed by atoms with Crippen LogP contribution in [-0.4, -0.2) is 43.6 Å². The molecule has 1 aliphatic rings. The molecule has 1 aromatic rings. The zero-order valence-corrected chi connectivity index (χ0v) is 14.4. The smallest absolute Gasteiger partial charge is 0.236 e. The maximum Gasteiger partial charge on any atom is 0.236 e. The Morgan fingerprint density at radius 3 is 2.70 bits per heavy atom. The summed E-state index contributed by atoms with van der Waals surface area (Å²) in [5.41, 5.74) is 1.11. The number of allylic oxidation sites excluding steroid dienone is 1. The molecule has 0 spiro atoms. The highest BCUT2D eigenvalue weighted by Gasteiger charge is 2.21. The van der Waals surface area contributed by atoms with Gasteiger partial charge in [0, 0.05) is 24.7 Å². The molecule has 0 saturated carbocycles. The van der Waals surface area contributed by atoms with Gasteiger partial charge in [-0.05, 0) is 24.8 Å². The SMILES string of the molecule is COc1ccccc1/C=C/C1CCN(C(=O)CNC(C)C)CC1. The molecular weight excluding hydrogens is 288 g/mol. The number of hydrogen-bond donors (Lipinski definition) is 1. The zero-order chi connectivity index (χ0) is 16.7. The Morgan fingerprint density at radius 2 is 2.04 bits per heavy atom. The molecule has 1 fully saturated rings. The van der Waals surface area contributed by atoms with Crippen molar-refractivity contribution >= 4 is 12.0 Å². The maximum absolute atomic E-state index is 12.1. The number of methoxy groups -OCH3 is 1. The molecule has 0 aliphatic carbocycles. The van der Waals surface area contributed by atoms with Crippen molar-refractivity contribution in [2.24, 2.45) is 5.92 Å². The van der Waals surface area contributed by atoms with Crippen LogP contribution in [0, 0.1) is 5.92 Å². The largest absolute Gasteiger partial charge is 0.496 e. The Morgan fingerprint density at radius 1 is 1.35 bits per heavy atom. The Labute approximate surface area is 139 Å². The lowest BCUT2D eigenvalue weighted by atomic mass is 9.95. The number of piperidine rings is 1. The van der Waals surface area contributed by atoms with Gasteiger partial charge in [0.05, 0.1) is 13.7 Å². The van der Waals surface area contributed by atoms with Gasteiger partial charge >= 0.3 is 0 Å². The fourth-order valence-electron chi connectivity index (χ4n) is 2.79. The molecule has 0 radical (unpaired) electrons. The Hall–Kier alpha value is -1.81. The minimum absolute atomic E-state index is 0.214. The first-order chi connectivity index (χ1) is 11.1. The van der Waals surface area contributed by atoms with Crippen molar-refractivity contribution in [1.82, 2.24) is 10.2 Å². The summed E-state index contributed by atoms with van der Waals surface area (Å²) in [5.74, 6) is 1.64. The van der Waals surface area contributed by atoms with E-state index in [0.717, 1.165) is 37.2 Å². The highest BCUT2D eigenvalue weighted by atomic mass is 16.5. The van der Waals surface area contributed by atoms with Gasteiger partial charge in [0.1, 0.15) is 5.75 Å². The van der Waals surface area contributed by atoms with Crippen LogP contribution in [-0.2, 0) is 4.79 Å². The van der Waals surface area contributed by atoms with Gasteiger partial charge in [-0.2, -0.15) is 0 Å². The third kappa shape index (κ3) is 5.39. The Bertz CT molecular complexity index is 532. The van der Waals surface area contributed by atoms with Crippen LogP contribution in [0.15, 0.2) is 30.3 Å². The van der Waals surface area contributed by atoms with E-state index in [1.807, 2.05) is 23.1 Å². The summed E-state index contributed by atoms with van der Waals surface area (Å²) < 4.78 is 5.37. The van der Waals surface area contributed by atoms with Crippen molar-refractivity contribution in [1.29, 1.82) is 0 Å². The lowest BCUT2D eigenvalue weighted by Crippen LogP contribution is -2.43. The number of carbonyl (C=O) groups excluding carboxylic acids is 1. The fourth-order valence-corrected chi connectivity index (χ4v) is 2.79. The number of hydrogen-bond acceptors (Lipinski definition) is 3. The van der Waals surface area contributed by atoms with E-state index in [1.54, 1.807) is 7.11 Å². The van der Waals surface area contributed by atoms with Crippen molar-refractivity contribution < 1.29 is 9.53 Å². The van der Waals surface area contributed by atoms with E-state index in [9.17, 15) is 4.79 Å². The third-order valence-electron chi connectivity index (χ3n) is 4.24. The summed E-state index contributed by atoms with van der Waals surface area (Å²) in [4.78, 5) is 14.1. The Kier molecular flexibility index (Phi) is 6.66. The molecule has 1 amide bonds. The average Bonchev–Trinajstić information content (AvgIpc) is 2.58. The highest BCUT2D eigenvalue weighted by Crippen LogP contribution is 2.23. The van der Waals surface area contributed by atoms with Gasteiger partial charge in [-0.15, -0.1) is 0 Å². The van der Waals surface area contributed by atoms with Crippen molar-refractivity contribution in [3.8, 4) is 5.75 Å². The van der Waals surface area contributed by atoms with E-state index in [2.05, 4.69) is 37.4 Å². The van der Waals surface area contributed by atoms with Crippen LogP contribution >= 0.6 is 0 Å². The van der Waals surface area contributed by atoms with Crippen LogP contribution in [0.4, 0.5) is 0 Å². The monoisotopic (exact) mass is 316 g/mol. The van der Waals surface area contributed by atoms with E-state index in [0.29, 0.717) is 18.5 Å². The number of rotatable bonds is 6. The highest BCUT2D eigenvalue weighted by molar-refractivity contribution is 5.78. The predicted octanol–water partition coefficient (Wildman–Crippen LogP) is 2.95. The molecule has 0 unspecified atom stereocenters. The first kappa shape index (κ1) is 17.5.